The number of carbonyl (C=O) groups excluding carboxylic acids is 3. The van der Waals surface area contributed by atoms with E-state index in [2.05, 4.69) is 191 Å². The molecule has 0 aromatic rings. The van der Waals surface area contributed by atoms with E-state index < -0.39 is 12.1 Å². The topological polar surface area (TPSA) is 78.9 Å². The van der Waals surface area contributed by atoms with Gasteiger partial charge in [-0.15, -0.1) is 0 Å². The van der Waals surface area contributed by atoms with Crippen molar-refractivity contribution in [3.8, 4) is 0 Å². The Morgan fingerprint density at radius 2 is 0.551 bits per heavy atom. The van der Waals surface area contributed by atoms with Crippen LogP contribution in [0.4, 0.5) is 0 Å². The number of hydrogen-bond acceptors (Lipinski definition) is 6. The highest BCUT2D eigenvalue weighted by Crippen LogP contribution is 2.09. The highest BCUT2D eigenvalue weighted by Gasteiger charge is 2.19. The molecule has 6 heteroatoms. The van der Waals surface area contributed by atoms with Gasteiger partial charge in [-0.3, -0.25) is 14.4 Å². The first-order chi connectivity index (χ1) is 34.0. The Bertz CT molecular complexity index is 1700. The molecule has 0 aromatic heterocycles. The summed E-state index contributed by atoms with van der Waals surface area (Å²) in [5.74, 6) is -1.16. The van der Waals surface area contributed by atoms with Gasteiger partial charge in [0, 0.05) is 19.3 Å². The zero-order valence-corrected chi connectivity index (χ0v) is 43.2. The van der Waals surface area contributed by atoms with Gasteiger partial charge in [0.1, 0.15) is 13.2 Å². The van der Waals surface area contributed by atoms with E-state index in [4.69, 9.17) is 14.2 Å². The fourth-order valence-electron chi connectivity index (χ4n) is 6.08. The van der Waals surface area contributed by atoms with Crippen molar-refractivity contribution in [2.45, 2.75) is 181 Å². The minimum Gasteiger partial charge on any atom is -0.462 e. The van der Waals surface area contributed by atoms with Crippen molar-refractivity contribution in [3.63, 3.8) is 0 Å². The molecule has 0 aliphatic rings. The Kier molecular flexibility index (Phi) is 50.7. The van der Waals surface area contributed by atoms with Gasteiger partial charge in [0.2, 0.25) is 0 Å². The third kappa shape index (κ3) is 53.3. The van der Waals surface area contributed by atoms with Crippen LogP contribution in [0.2, 0.25) is 0 Å². The molecule has 0 aromatic carbocycles. The maximum absolute atomic E-state index is 12.8. The van der Waals surface area contributed by atoms with E-state index in [1.165, 1.54) is 0 Å². The minimum absolute atomic E-state index is 0.158. The Hall–Kier alpha value is -5.49. The average Bonchev–Trinajstić information content (AvgIpc) is 3.35. The van der Waals surface area contributed by atoms with Gasteiger partial charge in [-0.1, -0.05) is 203 Å². The maximum atomic E-state index is 12.8. The summed E-state index contributed by atoms with van der Waals surface area (Å²) in [7, 11) is 0. The lowest BCUT2D eigenvalue weighted by molar-refractivity contribution is -0.166. The van der Waals surface area contributed by atoms with Crippen LogP contribution in [-0.2, 0) is 28.6 Å². The van der Waals surface area contributed by atoms with Crippen LogP contribution in [0.25, 0.3) is 0 Å². The number of allylic oxidation sites excluding steroid dienone is 30. The Morgan fingerprint density at radius 3 is 0.870 bits per heavy atom. The molecule has 0 rings (SSSR count). The number of unbranched alkanes of at least 4 members (excludes halogenated alkanes) is 3. The molecule has 0 bridgehead atoms. The molecule has 0 saturated carbocycles. The van der Waals surface area contributed by atoms with Crippen molar-refractivity contribution < 1.29 is 28.6 Å². The number of esters is 3. The first-order valence-electron chi connectivity index (χ1n) is 26.3. The lowest BCUT2D eigenvalue weighted by atomic mass is 10.2. The Morgan fingerprint density at radius 1 is 0.290 bits per heavy atom. The van der Waals surface area contributed by atoms with Crippen molar-refractivity contribution >= 4 is 17.9 Å². The van der Waals surface area contributed by atoms with E-state index in [1.54, 1.807) is 0 Å². The number of hydrogen-bond donors (Lipinski definition) is 0. The van der Waals surface area contributed by atoms with Crippen LogP contribution in [0.15, 0.2) is 182 Å². The lowest BCUT2D eigenvalue weighted by Crippen LogP contribution is -2.30. The van der Waals surface area contributed by atoms with Gasteiger partial charge in [-0.2, -0.15) is 0 Å². The first-order valence-corrected chi connectivity index (χ1v) is 26.3. The lowest BCUT2D eigenvalue weighted by Gasteiger charge is -2.18. The molecule has 0 amide bonds. The number of rotatable bonds is 44. The van der Waals surface area contributed by atoms with Gasteiger partial charge in [0.25, 0.3) is 0 Å². The minimum atomic E-state index is -0.869. The molecular weight excluding hydrogens is 853 g/mol. The van der Waals surface area contributed by atoms with Gasteiger partial charge < -0.3 is 14.2 Å². The summed E-state index contributed by atoms with van der Waals surface area (Å²) in [6.45, 7) is 6.11. The molecule has 1 atom stereocenters. The Balaban J connectivity index is 4.71. The summed E-state index contributed by atoms with van der Waals surface area (Å²) < 4.78 is 16.6. The van der Waals surface area contributed by atoms with Crippen LogP contribution in [0.5, 0.6) is 0 Å². The highest BCUT2D eigenvalue weighted by molar-refractivity contribution is 5.71. The second-order valence-electron chi connectivity index (χ2n) is 16.3. The molecule has 0 heterocycles. The summed E-state index contributed by atoms with van der Waals surface area (Å²) in [4.78, 5) is 38.0. The average molecular weight is 945 g/mol. The highest BCUT2D eigenvalue weighted by atomic mass is 16.6. The summed E-state index contributed by atoms with van der Waals surface area (Å²) >= 11 is 0. The second kappa shape index (κ2) is 55.1. The van der Waals surface area contributed by atoms with Crippen LogP contribution >= 0.6 is 0 Å². The van der Waals surface area contributed by atoms with E-state index in [0.29, 0.717) is 19.3 Å². The summed E-state index contributed by atoms with van der Waals surface area (Å²) in [5, 5.41) is 0. The van der Waals surface area contributed by atoms with E-state index >= 15 is 0 Å². The molecule has 0 saturated heterocycles. The molecule has 6 nitrogen and oxygen atoms in total. The summed E-state index contributed by atoms with van der Waals surface area (Å²) in [5.41, 5.74) is 0. The smallest absolute Gasteiger partial charge is 0.306 e. The van der Waals surface area contributed by atoms with Crippen molar-refractivity contribution in [3.05, 3.63) is 182 Å². The third-order valence-electron chi connectivity index (χ3n) is 9.90. The molecule has 0 spiro atoms. The molecule has 0 aliphatic carbocycles. The van der Waals surface area contributed by atoms with Crippen LogP contribution < -0.4 is 0 Å². The number of carbonyl (C=O) groups is 3. The van der Waals surface area contributed by atoms with Crippen molar-refractivity contribution in [1.82, 2.24) is 0 Å². The molecule has 380 valence electrons. The van der Waals surface area contributed by atoms with Gasteiger partial charge in [0.05, 0.1) is 0 Å². The van der Waals surface area contributed by atoms with E-state index in [-0.39, 0.29) is 44.4 Å². The molecule has 0 unspecified atom stereocenters. The Labute approximate surface area is 421 Å². The first kappa shape index (κ1) is 63.5. The van der Waals surface area contributed by atoms with Crippen molar-refractivity contribution in [1.29, 1.82) is 0 Å². The fourth-order valence-corrected chi connectivity index (χ4v) is 6.08. The van der Waals surface area contributed by atoms with Crippen LogP contribution in [0.3, 0.4) is 0 Å². The van der Waals surface area contributed by atoms with Crippen molar-refractivity contribution in [2.75, 3.05) is 13.2 Å². The summed E-state index contributed by atoms with van der Waals surface area (Å²) in [6, 6.07) is 0. The van der Waals surface area contributed by atoms with E-state index in [1.807, 2.05) is 12.2 Å². The monoisotopic (exact) mass is 945 g/mol. The normalized spacial score (nSPS) is 13.6. The fraction of sp³-hybridized carbons (Fsp3) is 0.476. The maximum Gasteiger partial charge on any atom is 0.306 e. The quantitative estimate of drug-likeness (QED) is 0.0262. The predicted molar refractivity (Wildman–Crippen MR) is 297 cm³/mol. The zero-order valence-electron chi connectivity index (χ0n) is 43.2. The SMILES string of the molecule is CC/C=C\C/C=C\C/C=C\C/C=C\C/C=C\C/C=C\CCC(=O)O[C@H](COC(=O)CCC/C=C\C/C=C\C/C=C\C/C=C\C/C=C\CC)COC(=O)CCCC/C=C\C/C=C\C/C=C\C/C=C\CC. The van der Waals surface area contributed by atoms with Gasteiger partial charge in [-0.25, -0.2) is 0 Å². The second-order valence-corrected chi connectivity index (χ2v) is 16.3. The van der Waals surface area contributed by atoms with Crippen molar-refractivity contribution in [2.24, 2.45) is 0 Å². The van der Waals surface area contributed by atoms with Crippen LogP contribution in [0, 0.1) is 0 Å². The predicted octanol–water partition coefficient (Wildman–Crippen LogP) is 17.7. The molecular formula is C63H92O6. The van der Waals surface area contributed by atoms with Gasteiger partial charge >= 0.3 is 17.9 Å². The zero-order chi connectivity index (χ0) is 50.0. The van der Waals surface area contributed by atoms with Gasteiger partial charge in [0.15, 0.2) is 6.10 Å². The molecule has 69 heavy (non-hydrogen) atoms. The summed E-state index contributed by atoms with van der Waals surface area (Å²) in [6.07, 6.45) is 83.2. The van der Waals surface area contributed by atoms with Gasteiger partial charge in [-0.05, 0) is 135 Å². The largest absolute Gasteiger partial charge is 0.462 e. The van der Waals surface area contributed by atoms with Crippen LogP contribution in [0.1, 0.15) is 175 Å². The molecule has 0 aliphatic heterocycles. The molecule has 0 radical (unpaired) electrons. The third-order valence-corrected chi connectivity index (χ3v) is 9.90. The number of ether oxygens (including phenoxy) is 3. The van der Waals surface area contributed by atoms with E-state index in [9.17, 15) is 14.4 Å². The molecule has 0 N–H and O–H groups in total. The van der Waals surface area contributed by atoms with Crippen LogP contribution in [-0.4, -0.2) is 37.2 Å². The standard InChI is InChI=1S/C63H92O6/c1-4-7-10-13-16-19-22-25-28-30-31-33-36-39-42-45-48-51-54-57-63(66)69-60(58-67-61(64)55-52-49-46-43-40-37-34-27-24-21-18-15-12-9-6-3)59-68-62(65)56-53-50-47-44-41-38-35-32-29-26-23-20-17-14-11-8-5-2/h7-12,16-21,25-29,31,33-35,38-40,42-44,47-48,51,60H,4-6,13-15,22-24,30,32,36-37,41,45-46,49-50,52-59H2,1-3H3/b10-7-,11-8-,12-9-,19-16-,20-17-,21-18-,28-25-,29-26-,33-31-,34-27-,38-35-,42-39-,43-40-,47-44-,51-48-/t60-/m0/s1. The van der Waals surface area contributed by atoms with E-state index in [0.717, 1.165) is 116 Å². The molecule has 0 fully saturated rings.